The van der Waals surface area contributed by atoms with Gasteiger partial charge in [0.05, 0.1) is 7.05 Å². The van der Waals surface area contributed by atoms with Gasteiger partial charge in [0.15, 0.2) is 0 Å². The first-order chi connectivity index (χ1) is 5.33. The molecule has 0 N–H and O–H groups in total. The van der Waals surface area contributed by atoms with Gasteiger partial charge in [-0.25, -0.2) is 0 Å². The molecule has 1 rings (SSSR count). The highest BCUT2D eigenvalue weighted by atomic mass is 16.5. The molecule has 3 heteroatoms. The minimum Gasteiger partial charge on any atom is -0.600 e. The predicted octanol–water partition coefficient (Wildman–Crippen LogP) is 1.78. The van der Waals surface area contributed by atoms with Gasteiger partial charge in [-0.3, -0.25) is 0 Å². The van der Waals surface area contributed by atoms with E-state index in [1.165, 1.54) is 7.05 Å². The zero-order chi connectivity index (χ0) is 8.10. The summed E-state index contributed by atoms with van der Waals surface area (Å²) in [6.07, 6.45) is 0. The minimum atomic E-state index is 0.331. The van der Waals surface area contributed by atoms with Crippen molar-refractivity contribution in [3.05, 3.63) is 41.1 Å². The van der Waals surface area contributed by atoms with Crippen LogP contribution in [0.4, 0.5) is 0 Å². The van der Waals surface area contributed by atoms with Crippen LogP contribution in [0.15, 0.2) is 35.4 Å². The van der Waals surface area contributed by atoms with E-state index in [1.807, 2.05) is 30.3 Å². The summed E-state index contributed by atoms with van der Waals surface area (Å²) in [4.78, 5) is 0.662. The van der Waals surface area contributed by atoms with Gasteiger partial charge in [0.25, 0.3) is 0 Å². The van der Waals surface area contributed by atoms with E-state index < -0.39 is 0 Å². The Morgan fingerprint density at radius 1 is 1.36 bits per heavy atom. The topological polar surface area (TPSA) is 38.4 Å². The third-order valence-electron chi connectivity index (χ3n) is 1.38. The van der Waals surface area contributed by atoms with Crippen molar-refractivity contribution >= 4 is 0 Å². The Balaban J connectivity index is 2.65. The van der Waals surface area contributed by atoms with Crippen LogP contribution in [-0.2, 0) is 6.54 Å². The zero-order valence-electron chi connectivity index (χ0n) is 6.40. The average molecular weight is 150 g/mol. The highest BCUT2D eigenvalue weighted by Gasteiger charge is 1.95. The molecule has 0 atom stereocenters. The van der Waals surface area contributed by atoms with Crippen LogP contribution < -0.4 is 0 Å². The van der Waals surface area contributed by atoms with Crippen LogP contribution in [0.25, 0.3) is 0 Å². The lowest BCUT2D eigenvalue weighted by molar-refractivity contribution is -0.544. The Morgan fingerprint density at radius 3 is 2.55 bits per heavy atom. The van der Waals surface area contributed by atoms with Crippen molar-refractivity contribution in [3.8, 4) is 0 Å². The van der Waals surface area contributed by atoms with Gasteiger partial charge in [-0.05, 0) is 5.11 Å². The molecule has 0 fully saturated rings. The molecule has 0 saturated carbocycles. The quantitative estimate of drug-likeness (QED) is 0.359. The van der Waals surface area contributed by atoms with E-state index >= 15 is 0 Å². The van der Waals surface area contributed by atoms with Crippen molar-refractivity contribution in [2.75, 3.05) is 7.05 Å². The van der Waals surface area contributed by atoms with Crippen molar-refractivity contribution in [3.63, 3.8) is 0 Å². The van der Waals surface area contributed by atoms with Crippen molar-refractivity contribution in [2.45, 2.75) is 6.54 Å². The summed E-state index contributed by atoms with van der Waals surface area (Å²) in [7, 11) is 1.48. The third kappa shape index (κ3) is 2.37. The Hall–Kier alpha value is -1.38. The van der Waals surface area contributed by atoms with E-state index in [-0.39, 0.29) is 0 Å². The summed E-state index contributed by atoms with van der Waals surface area (Å²) >= 11 is 0. The first kappa shape index (κ1) is 7.72. The molecule has 0 aliphatic carbocycles. The summed E-state index contributed by atoms with van der Waals surface area (Å²) < 4.78 is 0. The molecule has 0 aliphatic heterocycles. The second-order valence-electron chi connectivity index (χ2n) is 2.20. The normalized spacial score (nSPS) is 11.5. The second-order valence-corrected chi connectivity index (χ2v) is 2.20. The highest BCUT2D eigenvalue weighted by molar-refractivity contribution is 5.13. The van der Waals surface area contributed by atoms with Gasteiger partial charge in [0.1, 0.15) is 0 Å². The van der Waals surface area contributed by atoms with Crippen molar-refractivity contribution in [1.29, 1.82) is 0 Å². The smallest absolute Gasteiger partial charge is 0.205 e. The summed E-state index contributed by atoms with van der Waals surface area (Å²) in [5, 5.41) is 14.2. The lowest BCUT2D eigenvalue weighted by atomic mass is 10.2. The van der Waals surface area contributed by atoms with Crippen molar-refractivity contribution in [1.82, 2.24) is 0 Å². The van der Waals surface area contributed by atoms with Gasteiger partial charge in [-0.1, -0.05) is 35.2 Å². The average Bonchev–Trinajstić information content (AvgIpc) is 2.06. The van der Waals surface area contributed by atoms with Gasteiger partial charge in [0, 0.05) is 5.56 Å². The van der Waals surface area contributed by atoms with E-state index in [1.54, 1.807) is 0 Å². The first-order valence-corrected chi connectivity index (χ1v) is 3.41. The number of benzene rings is 1. The lowest BCUT2D eigenvalue weighted by Gasteiger charge is -1.98. The maximum atomic E-state index is 10.7. The third-order valence-corrected chi connectivity index (χ3v) is 1.38. The molecule has 0 saturated heterocycles. The monoisotopic (exact) mass is 150 g/mol. The molecular weight excluding hydrogens is 140 g/mol. The van der Waals surface area contributed by atoms with Gasteiger partial charge in [0.2, 0.25) is 6.54 Å². The van der Waals surface area contributed by atoms with Crippen LogP contribution >= 0.6 is 0 Å². The Bertz CT molecular complexity index is 244. The number of rotatable bonds is 2. The standard InChI is InChI=1S/C8H10N2O/c1-9-10(11)7-8-5-3-2-4-6-8/h2-6H,7H2,1H3. The first-order valence-electron chi connectivity index (χ1n) is 3.41. The Kier molecular flexibility index (Phi) is 2.60. The molecule has 58 valence electrons. The fraction of sp³-hybridized carbons (Fsp3) is 0.250. The van der Waals surface area contributed by atoms with Gasteiger partial charge in [-0.15, -0.1) is 0 Å². The molecule has 0 unspecified atom stereocenters. The molecule has 0 aromatic heterocycles. The molecular formula is C8H10N2O. The molecule has 3 nitrogen and oxygen atoms in total. The Morgan fingerprint density at radius 2 is 2.00 bits per heavy atom. The maximum absolute atomic E-state index is 10.7. The van der Waals surface area contributed by atoms with Crippen LogP contribution in [0.3, 0.4) is 0 Å². The lowest BCUT2D eigenvalue weighted by Crippen LogP contribution is -1.99. The molecule has 1 aromatic rings. The number of hydrogen-bond acceptors (Lipinski definition) is 2. The summed E-state index contributed by atoms with van der Waals surface area (Å²) in [5.74, 6) is 0. The van der Waals surface area contributed by atoms with Crippen LogP contribution in [-0.4, -0.2) is 11.9 Å². The van der Waals surface area contributed by atoms with E-state index in [9.17, 15) is 5.21 Å². The molecule has 0 radical (unpaired) electrons. The molecule has 0 aliphatic rings. The number of hydrogen-bond donors (Lipinski definition) is 0. The summed E-state index contributed by atoms with van der Waals surface area (Å²) in [5.41, 5.74) is 0.980. The van der Waals surface area contributed by atoms with E-state index in [0.29, 0.717) is 11.4 Å². The molecule has 0 amide bonds. The van der Waals surface area contributed by atoms with Crippen LogP contribution in [0.5, 0.6) is 0 Å². The fourth-order valence-electron chi connectivity index (χ4n) is 0.810. The maximum Gasteiger partial charge on any atom is 0.205 e. The predicted molar refractivity (Wildman–Crippen MR) is 42.1 cm³/mol. The van der Waals surface area contributed by atoms with Gasteiger partial charge < -0.3 is 5.21 Å². The number of azo groups is 1. The van der Waals surface area contributed by atoms with Crippen molar-refractivity contribution in [2.24, 2.45) is 5.11 Å². The van der Waals surface area contributed by atoms with E-state index in [0.717, 1.165) is 5.56 Å². The van der Waals surface area contributed by atoms with E-state index in [2.05, 4.69) is 5.11 Å². The minimum absolute atomic E-state index is 0.331. The van der Waals surface area contributed by atoms with Crippen molar-refractivity contribution < 1.29 is 4.86 Å². The highest BCUT2D eigenvalue weighted by Crippen LogP contribution is 1.99. The Labute approximate surface area is 65.6 Å². The second kappa shape index (κ2) is 3.71. The molecule has 0 spiro atoms. The molecule has 11 heavy (non-hydrogen) atoms. The SMILES string of the molecule is CN=[N+]([O-])Cc1ccccc1. The molecule has 0 heterocycles. The van der Waals surface area contributed by atoms with Crippen LogP contribution in [0.1, 0.15) is 5.56 Å². The van der Waals surface area contributed by atoms with Crippen LogP contribution in [0.2, 0.25) is 0 Å². The van der Waals surface area contributed by atoms with Gasteiger partial charge in [-0.2, -0.15) is 0 Å². The van der Waals surface area contributed by atoms with Gasteiger partial charge >= 0.3 is 0 Å². The molecule has 1 aromatic carbocycles. The number of nitrogens with zero attached hydrogens (tertiary/aromatic N) is 2. The largest absolute Gasteiger partial charge is 0.600 e. The summed E-state index contributed by atoms with van der Waals surface area (Å²) in [6, 6.07) is 9.52. The summed E-state index contributed by atoms with van der Waals surface area (Å²) in [6.45, 7) is 0.331. The number of hydroxylamine groups is 1. The fourth-order valence-corrected chi connectivity index (χ4v) is 0.810. The molecule has 0 bridgehead atoms. The zero-order valence-corrected chi connectivity index (χ0v) is 6.40. The van der Waals surface area contributed by atoms with E-state index in [4.69, 9.17) is 0 Å². The van der Waals surface area contributed by atoms with Crippen LogP contribution in [0, 0.1) is 5.21 Å².